The molecule has 0 spiro atoms. The predicted molar refractivity (Wildman–Crippen MR) is 52.8 cm³/mol. The highest BCUT2D eigenvalue weighted by Crippen LogP contribution is 2.18. The quantitative estimate of drug-likeness (QED) is 0.566. The second-order valence-corrected chi connectivity index (χ2v) is 2.99. The van der Waals surface area contributed by atoms with Crippen LogP contribution in [0.15, 0.2) is 42.2 Å². The molecule has 3 heteroatoms. The molecule has 0 saturated heterocycles. The molecule has 0 amide bonds. The molecular weight excluding hydrogens is 180 g/mol. The van der Waals surface area contributed by atoms with Gasteiger partial charge in [-0.2, -0.15) is 0 Å². The van der Waals surface area contributed by atoms with Crippen LogP contribution in [0.3, 0.4) is 0 Å². The smallest absolute Gasteiger partial charge is 0.156 e. The Morgan fingerprint density at radius 1 is 1.36 bits per heavy atom. The van der Waals surface area contributed by atoms with E-state index in [1.54, 1.807) is 24.3 Å². The lowest BCUT2D eigenvalue weighted by molar-refractivity contribution is -0.112. The SMILES string of the molecule is CC(=O)/C=C(/O)C(O)c1ccccc1. The highest BCUT2D eigenvalue weighted by atomic mass is 16.3. The zero-order valence-corrected chi connectivity index (χ0v) is 7.84. The van der Waals surface area contributed by atoms with Gasteiger partial charge in [0.05, 0.1) is 0 Å². The Morgan fingerprint density at radius 3 is 2.43 bits per heavy atom. The van der Waals surface area contributed by atoms with E-state index in [0.717, 1.165) is 6.08 Å². The topological polar surface area (TPSA) is 57.5 Å². The first-order valence-corrected chi connectivity index (χ1v) is 4.25. The summed E-state index contributed by atoms with van der Waals surface area (Å²) in [5.74, 6) is -0.624. The minimum Gasteiger partial charge on any atom is -0.509 e. The van der Waals surface area contributed by atoms with Crippen LogP contribution in [-0.2, 0) is 4.79 Å². The molecule has 0 radical (unpaired) electrons. The number of benzene rings is 1. The summed E-state index contributed by atoms with van der Waals surface area (Å²) in [5.41, 5.74) is 0.558. The number of rotatable bonds is 3. The summed E-state index contributed by atoms with van der Waals surface area (Å²) < 4.78 is 0. The highest BCUT2D eigenvalue weighted by molar-refractivity contribution is 5.87. The zero-order valence-electron chi connectivity index (χ0n) is 7.84. The normalized spacial score (nSPS) is 13.7. The molecule has 1 aromatic rings. The number of carbonyl (C=O) groups is 1. The van der Waals surface area contributed by atoms with Gasteiger partial charge in [0, 0.05) is 6.08 Å². The van der Waals surface area contributed by atoms with Crippen molar-refractivity contribution in [2.75, 3.05) is 0 Å². The molecule has 0 aliphatic rings. The van der Waals surface area contributed by atoms with Gasteiger partial charge in [-0.1, -0.05) is 30.3 Å². The lowest BCUT2D eigenvalue weighted by Gasteiger charge is -2.09. The molecule has 1 atom stereocenters. The van der Waals surface area contributed by atoms with E-state index in [2.05, 4.69) is 0 Å². The molecule has 74 valence electrons. The predicted octanol–water partition coefficient (Wildman–Crippen LogP) is 1.75. The first kappa shape index (κ1) is 10.5. The van der Waals surface area contributed by atoms with Crippen molar-refractivity contribution < 1.29 is 15.0 Å². The minimum atomic E-state index is -1.12. The van der Waals surface area contributed by atoms with Gasteiger partial charge in [0.15, 0.2) is 5.78 Å². The van der Waals surface area contributed by atoms with E-state index in [4.69, 9.17) is 0 Å². The molecule has 0 fully saturated rings. The van der Waals surface area contributed by atoms with Gasteiger partial charge in [0.1, 0.15) is 11.9 Å². The Morgan fingerprint density at radius 2 is 1.93 bits per heavy atom. The van der Waals surface area contributed by atoms with Crippen molar-refractivity contribution in [2.45, 2.75) is 13.0 Å². The largest absolute Gasteiger partial charge is 0.509 e. The van der Waals surface area contributed by atoms with E-state index in [-0.39, 0.29) is 11.5 Å². The molecule has 0 heterocycles. The summed E-state index contributed by atoms with van der Waals surface area (Å²) in [6.45, 7) is 1.31. The van der Waals surface area contributed by atoms with Crippen LogP contribution in [0.1, 0.15) is 18.6 Å². The summed E-state index contributed by atoms with van der Waals surface area (Å²) in [7, 11) is 0. The summed E-state index contributed by atoms with van der Waals surface area (Å²) in [6.07, 6.45) is -0.113. The fourth-order valence-corrected chi connectivity index (χ4v) is 1.09. The van der Waals surface area contributed by atoms with E-state index in [1.165, 1.54) is 6.92 Å². The Labute approximate surface area is 82.3 Å². The van der Waals surface area contributed by atoms with Crippen molar-refractivity contribution in [1.29, 1.82) is 0 Å². The summed E-state index contributed by atoms with van der Waals surface area (Å²) >= 11 is 0. The Balaban J connectivity index is 2.86. The standard InChI is InChI=1S/C11H12O3/c1-8(12)7-10(13)11(14)9-5-3-2-4-6-9/h2-7,11,13-14H,1H3/b10-7+. The van der Waals surface area contributed by atoms with Crippen LogP contribution in [0.2, 0.25) is 0 Å². The highest BCUT2D eigenvalue weighted by Gasteiger charge is 2.11. The van der Waals surface area contributed by atoms with Crippen molar-refractivity contribution in [2.24, 2.45) is 0 Å². The summed E-state index contributed by atoms with van der Waals surface area (Å²) in [6, 6.07) is 8.66. The van der Waals surface area contributed by atoms with Crippen molar-refractivity contribution in [1.82, 2.24) is 0 Å². The number of ketones is 1. The average molecular weight is 192 g/mol. The molecule has 1 aromatic carbocycles. The lowest BCUT2D eigenvalue weighted by atomic mass is 10.1. The third-order valence-corrected chi connectivity index (χ3v) is 1.75. The van der Waals surface area contributed by atoms with Crippen molar-refractivity contribution in [3.05, 3.63) is 47.7 Å². The van der Waals surface area contributed by atoms with Crippen LogP contribution in [-0.4, -0.2) is 16.0 Å². The van der Waals surface area contributed by atoms with Gasteiger partial charge in [0.25, 0.3) is 0 Å². The molecule has 0 aromatic heterocycles. The lowest BCUT2D eigenvalue weighted by Crippen LogP contribution is -2.02. The maximum atomic E-state index is 10.6. The van der Waals surface area contributed by atoms with Gasteiger partial charge < -0.3 is 10.2 Å². The van der Waals surface area contributed by atoms with Crippen LogP contribution in [0.25, 0.3) is 0 Å². The number of hydrogen-bond acceptors (Lipinski definition) is 3. The monoisotopic (exact) mass is 192 g/mol. The maximum absolute atomic E-state index is 10.6. The van der Waals surface area contributed by atoms with Crippen LogP contribution in [0.5, 0.6) is 0 Å². The number of aliphatic hydroxyl groups is 2. The third-order valence-electron chi connectivity index (χ3n) is 1.75. The minimum absolute atomic E-state index is 0.294. The number of allylic oxidation sites excluding steroid dienone is 1. The summed E-state index contributed by atoms with van der Waals surface area (Å²) in [4.78, 5) is 10.6. The fourth-order valence-electron chi connectivity index (χ4n) is 1.09. The molecule has 0 aliphatic heterocycles. The number of carbonyl (C=O) groups excluding carboxylic acids is 1. The van der Waals surface area contributed by atoms with Gasteiger partial charge in [0.2, 0.25) is 0 Å². The second-order valence-electron chi connectivity index (χ2n) is 2.99. The van der Waals surface area contributed by atoms with Crippen molar-refractivity contribution >= 4 is 5.78 Å². The maximum Gasteiger partial charge on any atom is 0.156 e. The van der Waals surface area contributed by atoms with Crippen molar-refractivity contribution in [3.8, 4) is 0 Å². The van der Waals surface area contributed by atoms with Gasteiger partial charge in [-0.3, -0.25) is 4.79 Å². The van der Waals surface area contributed by atoms with E-state index in [1.807, 2.05) is 6.07 Å². The molecule has 1 unspecified atom stereocenters. The van der Waals surface area contributed by atoms with Gasteiger partial charge >= 0.3 is 0 Å². The average Bonchev–Trinajstić information content (AvgIpc) is 2.17. The molecule has 2 N–H and O–H groups in total. The molecule has 0 bridgehead atoms. The van der Waals surface area contributed by atoms with Crippen LogP contribution >= 0.6 is 0 Å². The van der Waals surface area contributed by atoms with Gasteiger partial charge in [-0.25, -0.2) is 0 Å². The molecular formula is C11H12O3. The molecule has 0 saturated carbocycles. The van der Waals surface area contributed by atoms with E-state index in [9.17, 15) is 15.0 Å². The van der Waals surface area contributed by atoms with E-state index < -0.39 is 6.10 Å². The van der Waals surface area contributed by atoms with Gasteiger partial charge in [-0.05, 0) is 12.5 Å². The Kier molecular flexibility index (Phi) is 3.42. The third kappa shape index (κ3) is 2.71. The van der Waals surface area contributed by atoms with Crippen LogP contribution in [0, 0.1) is 0 Å². The number of hydrogen-bond donors (Lipinski definition) is 2. The number of aliphatic hydroxyl groups excluding tert-OH is 2. The first-order valence-electron chi connectivity index (χ1n) is 4.25. The van der Waals surface area contributed by atoms with Crippen LogP contribution < -0.4 is 0 Å². The fraction of sp³-hybridized carbons (Fsp3) is 0.182. The van der Waals surface area contributed by atoms with Crippen molar-refractivity contribution in [3.63, 3.8) is 0 Å². The second kappa shape index (κ2) is 4.58. The summed E-state index contributed by atoms with van der Waals surface area (Å²) in [5, 5.41) is 18.9. The van der Waals surface area contributed by atoms with E-state index in [0.29, 0.717) is 5.56 Å². The van der Waals surface area contributed by atoms with E-state index >= 15 is 0 Å². The Bertz CT molecular complexity index is 341. The van der Waals surface area contributed by atoms with Crippen LogP contribution in [0.4, 0.5) is 0 Å². The molecule has 0 aliphatic carbocycles. The first-order chi connectivity index (χ1) is 6.61. The molecule has 1 rings (SSSR count). The molecule has 14 heavy (non-hydrogen) atoms. The molecule has 3 nitrogen and oxygen atoms in total. The Hall–Kier alpha value is -1.61. The zero-order chi connectivity index (χ0) is 10.6. The van der Waals surface area contributed by atoms with Gasteiger partial charge in [-0.15, -0.1) is 0 Å².